The zero-order valence-corrected chi connectivity index (χ0v) is 17.3. The first-order valence-corrected chi connectivity index (χ1v) is 9.23. The molecule has 0 aromatic carbocycles. The van der Waals surface area contributed by atoms with Gasteiger partial charge in [0.25, 0.3) is 0 Å². The highest BCUT2D eigenvalue weighted by molar-refractivity contribution is 5.88. The summed E-state index contributed by atoms with van der Waals surface area (Å²) < 4.78 is 33.6. The molecule has 1 N–H and O–H groups in total. The molecule has 3 rings (SSSR count). The third-order valence-electron chi connectivity index (χ3n) is 4.66. The molecular formula is C18H24N2O10. The van der Waals surface area contributed by atoms with E-state index in [2.05, 4.69) is 4.98 Å². The topological polar surface area (TPSA) is 144 Å². The van der Waals surface area contributed by atoms with E-state index >= 15 is 0 Å². The zero-order valence-electron chi connectivity index (χ0n) is 17.3. The van der Waals surface area contributed by atoms with Crippen molar-refractivity contribution < 1.29 is 42.8 Å². The number of H-pyrrole nitrogens is 1. The number of hydrogen-bond donors (Lipinski definition) is 1. The van der Waals surface area contributed by atoms with Crippen molar-refractivity contribution in [3.05, 3.63) is 21.9 Å². The van der Waals surface area contributed by atoms with Gasteiger partial charge in [0, 0.05) is 13.8 Å². The van der Waals surface area contributed by atoms with Crippen LogP contribution in [0.25, 0.3) is 0 Å². The van der Waals surface area contributed by atoms with Crippen LogP contribution in [0.15, 0.2) is 4.79 Å². The highest BCUT2D eigenvalue weighted by Crippen LogP contribution is 2.43. The van der Waals surface area contributed by atoms with Gasteiger partial charge in [-0.2, -0.15) is 0 Å². The molecule has 2 saturated heterocycles. The maximum atomic E-state index is 12.7. The van der Waals surface area contributed by atoms with Crippen LogP contribution in [0.5, 0.6) is 0 Å². The van der Waals surface area contributed by atoms with Gasteiger partial charge in [-0.3, -0.25) is 19.1 Å². The number of ether oxygens (including phenoxy) is 6. The van der Waals surface area contributed by atoms with Gasteiger partial charge in [-0.1, -0.05) is 0 Å². The molecule has 2 fully saturated rings. The van der Waals surface area contributed by atoms with Crippen molar-refractivity contribution in [2.75, 3.05) is 13.7 Å². The molecule has 0 bridgehead atoms. The number of hydrogen-bond acceptors (Lipinski definition) is 10. The van der Waals surface area contributed by atoms with Crippen LogP contribution in [0.1, 0.15) is 50.1 Å². The standard InChI is InChI=1S/C18H24N2O10/c1-8(21)26-6-10-12(16(23)25-5)19-17(24)20(10)15-14-13(29-18(3,4)30-14)11(28-15)7-27-9(2)22/h11,13-15H,6-7H2,1-5H3,(H,19,24)/t11-,13-,14-,15-/m1/s1. The summed E-state index contributed by atoms with van der Waals surface area (Å²) >= 11 is 0. The highest BCUT2D eigenvalue weighted by Gasteiger charge is 2.57. The van der Waals surface area contributed by atoms with E-state index in [0.29, 0.717) is 0 Å². The first-order valence-electron chi connectivity index (χ1n) is 9.23. The molecule has 30 heavy (non-hydrogen) atoms. The number of aromatic amines is 1. The average Bonchev–Trinajstić information content (AvgIpc) is 3.25. The van der Waals surface area contributed by atoms with Crippen LogP contribution >= 0.6 is 0 Å². The van der Waals surface area contributed by atoms with Crippen molar-refractivity contribution in [1.29, 1.82) is 0 Å². The Kier molecular flexibility index (Phi) is 6.01. The monoisotopic (exact) mass is 428 g/mol. The Balaban J connectivity index is 2.01. The van der Waals surface area contributed by atoms with Gasteiger partial charge in [0.15, 0.2) is 17.7 Å². The van der Waals surface area contributed by atoms with Crippen LogP contribution in [0.4, 0.5) is 0 Å². The van der Waals surface area contributed by atoms with Gasteiger partial charge < -0.3 is 28.4 Å². The molecular weight excluding hydrogens is 404 g/mol. The summed E-state index contributed by atoms with van der Waals surface area (Å²) in [6, 6.07) is 0. The van der Waals surface area contributed by atoms with Crippen molar-refractivity contribution in [1.82, 2.24) is 9.55 Å². The molecule has 0 amide bonds. The van der Waals surface area contributed by atoms with Crippen molar-refractivity contribution >= 4 is 17.9 Å². The van der Waals surface area contributed by atoms with Gasteiger partial charge in [-0.05, 0) is 13.8 Å². The minimum atomic E-state index is -1.04. The molecule has 2 aliphatic rings. The van der Waals surface area contributed by atoms with Crippen molar-refractivity contribution in [3.63, 3.8) is 0 Å². The van der Waals surface area contributed by atoms with Gasteiger partial charge in [0.05, 0.1) is 12.8 Å². The summed E-state index contributed by atoms with van der Waals surface area (Å²) in [6.45, 7) is 5.36. The Morgan fingerprint density at radius 3 is 2.33 bits per heavy atom. The summed E-state index contributed by atoms with van der Waals surface area (Å²) in [5.74, 6) is -2.90. The van der Waals surface area contributed by atoms with Crippen molar-refractivity contribution in [2.24, 2.45) is 0 Å². The largest absolute Gasteiger partial charge is 0.464 e. The molecule has 3 heterocycles. The summed E-state index contributed by atoms with van der Waals surface area (Å²) in [5, 5.41) is 0. The minimum Gasteiger partial charge on any atom is -0.464 e. The number of carbonyl (C=O) groups is 3. The predicted molar refractivity (Wildman–Crippen MR) is 96.2 cm³/mol. The SMILES string of the molecule is COC(=O)c1[nH]c(=O)n([C@@H]2O[C@H](COC(C)=O)[C@H]3OC(C)(C)O[C@H]32)c1COC(C)=O. The second-order valence-corrected chi connectivity index (χ2v) is 7.33. The van der Waals surface area contributed by atoms with Gasteiger partial charge in [0.2, 0.25) is 0 Å². The summed E-state index contributed by atoms with van der Waals surface area (Å²) in [4.78, 5) is 49.8. The molecule has 166 valence electrons. The third-order valence-corrected chi connectivity index (χ3v) is 4.66. The molecule has 1 aromatic rings. The number of imidazole rings is 1. The quantitative estimate of drug-likeness (QED) is 0.486. The molecule has 12 heteroatoms. The van der Waals surface area contributed by atoms with Crippen LogP contribution in [0.3, 0.4) is 0 Å². The zero-order chi connectivity index (χ0) is 22.2. The van der Waals surface area contributed by atoms with E-state index in [-0.39, 0.29) is 24.6 Å². The predicted octanol–water partition coefficient (Wildman–Crippen LogP) is 0.00670. The van der Waals surface area contributed by atoms with Crippen LogP contribution in [0.2, 0.25) is 0 Å². The number of nitrogens with one attached hydrogen (secondary N) is 1. The fraction of sp³-hybridized carbons (Fsp3) is 0.667. The van der Waals surface area contributed by atoms with Crippen molar-refractivity contribution in [2.45, 2.75) is 64.6 Å². The summed E-state index contributed by atoms with van der Waals surface area (Å²) in [6.07, 6.45) is -3.16. The minimum absolute atomic E-state index is 0.0484. The number of rotatable bonds is 6. The number of carbonyl (C=O) groups excluding carboxylic acids is 3. The Bertz CT molecular complexity index is 901. The lowest BCUT2D eigenvalue weighted by Gasteiger charge is -2.25. The van der Waals surface area contributed by atoms with Gasteiger partial charge >= 0.3 is 23.6 Å². The van der Waals surface area contributed by atoms with Crippen molar-refractivity contribution in [3.8, 4) is 0 Å². The maximum Gasteiger partial charge on any atom is 0.356 e. The third kappa shape index (κ3) is 4.25. The van der Waals surface area contributed by atoms with E-state index < -0.39 is 53.9 Å². The Labute approximate surface area is 171 Å². The van der Waals surface area contributed by atoms with Gasteiger partial charge in [-0.15, -0.1) is 0 Å². The average molecular weight is 428 g/mol. The van der Waals surface area contributed by atoms with Crippen LogP contribution in [-0.4, -0.2) is 65.3 Å². The van der Waals surface area contributed by atoms with Gasteiger partial charge in [0.1, 0.15) is 31.5 Å². The second kappa shape index (κ2) is 8.20. The number of methoxy groups -OCH3 is 1. The smallest absolute Gasteiger partial charge is 0.356 e. The molecule has 2 aliphatic heterocycles. The molecule has 12 nitrogen and oxygen atoms in total. The van der Waals surface area contributed by atoms with Crippen LogP contribution < -0.4 is 5.69 Å². The lowest BCUT2D eigenvalue weighted by atomic mass is 10.1. The molecule has 0 aliphatic carbocycles. The Hall–Kier alpha value is -2.70. The summed E-state index contributed by atoms with van der Waals surface area (Å²) in [5.41, 5.74) is -0.819. The van der Waals surface area contributed by atoms with E-state index in [9.17, 15) is 19.2 Å². The highest BCUT2D eigenvalue weighted by atomic mass is 16.8. The van der Waals surface area contributed by atoms with Gasteiger partial charge in [-0.25, -0.2) is 9.59 Å². The number of nitrogens with zero attached hydrogens (tertiary/aromatic N) is 1. The van der Waals surface area contributed by atoms with Crippen LogP contribution in [-0.2, 0) is 44.6 Å². The first-order chi connectivity index (χ1) is 14.0. The number of esters is 3. The molecule has 0 unspecified atom stereocenters. The van der Waals surface area contributed by atoms with E-state index in [1.807, 2.05) is 0 Å². The Morgan fingerprint density at radius 1 is 1.10 bits per heavy atom. The summed E-state index contributed by atoms with van der Waals surface area (Å²) in [7, 11) is 1.15. The number of fused-ring (bicyclic) bond motifs is 1. The van der Waals surface area contributed by atoms with Crippen LogP contribution in [0, 0.1) is 0 Å². The lowest BCUT2D eigenvalue weighted by molar-refractivity contribution is -0.203. The fourth-order valence-corrected chi connectivity index (χ4v) is 3.53. The van der Waals surface area contributed by atoms with E-state index in [1.165, 1.54) is 13.8 Å². The van der Waals surface area contributed by atoms with E-state index in [0.717, 1.165) is 11.7 Å². The second-order valence-electron chi connectivity index (χ2n) is 7.33. The normalized spacial score (nSPS) is 26.8. The molecule has 4 atom stereocenters. The molecule has 1 aromatic heterocycles. The number of aromatic nitrogens is 2. The molecule has 0 saturated carbocycles. The maximum absolute atomic E-state index is 12.7. The first kappa shape index (κ1) is 22.0. The van der Waals surface area contributed by atoms with E-state index in [1.54, 1.807) is 13.8 Å². The van der Waals surface area contributed by atoms with E-state index in [4.69, 9.17) is 28.4 Å². The lowest BCUT2D eigenvalue weighted by Crippen LogP contribution is -2.34. The Morgan fingerprint density at radius 2 is 1.73 bits per heavy atom. The fourth-order valence-electron chi connectivity index (χ4n) is 3.53. The molecule has 0 radical (unpaired) electrons. The molecule has 0 spiro atoms.